The lowest BCUT2D eigenvalue weighted by atomic mass is 10.4. The Labute approximate surface area is 90.1 Å². The minimum Gasteiger partial charge on any atom is -0.366 e. The van der Waals surface area contributed by atoms with E-state index in [0.29, 0.717) is 0 Å². The standard InChI is InChI=1S/C8H14O5Si2/c1-14(2,12-13-15(9,10)11)8-6-4-3-5-7-8/h3-7,9-11H,1-2H3. The van der Waals surface area contributed by atoms with E-state index in [1.807, 2.05) is 43.4 Å². The van der Waals surface area contributed by atoms with Crippen LogP contribution < -0.4 is 5.19 Å². The van der Waals surface area contributed by atoms with Crippen molar-refractivity contribution in [2.75, 3.05) is 0 Å². The molecule has 0 bridgehead atoms. The molecule has 0 radical (unpaired) electrons. The molecule has 0 unspecified atom stereocenters. The summed E-state index contributed by atoms with van der Waals surface area (Å²) in [6, 6.07) is 9.32. The van der Waals surface area contributed by atoms with E-state index in [1.54, 1.807) is 0 Å². The molecular formula is C8H14O5Si2. The van der Waals surface area contributed by atoms with E-state index < -0.39 is 17.4 Å². The Bertz CT molecular complexity index is 309. The molecule has 0 fully saturated rings. The van der Waals surface area contributed by atoms with E-state index >= 15 is 0 Å². The van der Waals surface area contributed by atoms with Gasteiger partial charge in [0.25, 0.3) is 8.32 Å². The van der Waals surface area contributed by atoms with E-state index in [-0.39, 0.29) is 0 Å². The molecule has 1 aromatic carbocycles. The molecule has 5 nitrogen and oxygen atoms in total. The fourth-order valence-corrected chi connectivity index (χ4v) is 3.42. The predicted octanol–water partition coefficient (Wildman–Crippen LogP) is -0.541. The van der Waals surface area contributed by atoms with Gasteiger partial charge in [-0.1, -0.05) is 30.3 Å². The Morgan fingerprint density at radius 1 is 0.933 bits per heavy atom. The Morgan fingerprint density at radius 3 is 1.93 bits per heavy atom. The zero-order chi connectivity index (χ0) is 11.5. The van der Waals surface area contributed by atoms with Gasteiger partial charge in [-0.05, 0) is 18.3 Å². The minimum atomic E-state index is -4.59. The van der Waals surface area contributed by atoms with Crippen molar-refractivity contribution in [1.82, 2.24) is 0 Å². The third-order valence-corrected chi connectivity index (χ3v) is 4.53. The summed E-state index contributed by atoms with van der Waals surface area (Å²) in [4.78, 5) is 26.0. The van der Waals surface area contributed by atoms with Crippen molar-refractivity contribution in [3.8, 4) is 0 Å². The minimum absolute atomic E-state index is 0.934. The van der Waals surface area contributed by atoms with Crippen molar-refractivity contribution in [3.63, 3.8) is 0 Å². The first-order chi connectivity index (χ1) is 6.81. The van der Waals surface area contributed by atoms with Crippen LogP contribution in [-0.4, -0.2) is 31.8 Å². The van der Waals surface area contributed by atoms with E-state index in [2.05, 4.69) is 4.58 Å². The van der Waals surface area contributed by atoms with Crippen LogP contribution in [0, 0.1) is 0 Å². The largest absolute Gasteiger partial charge is 0.698 e. The summed E-state index contributed by atoms with van der Waals surface area (Å²) in [7, 11) is -6.94. The summed E-state index contributed by atoms with van der Waals surface area (Å²) in [6.45, 7) is 3.64. The van der Waals surface area contributed by atoms with E-state index in [0.717, 1.165) is 5.19 Å². The summed E-state index contributed by atoms with van der Waals surface area (Å²) in [5, 5.41) is 0.934. The monoisotopic (exact) mass is 246 g/mol. The van der Waals surface area contributed by atoms with Gasteiger partial charge in [0.1, 0.15) is 0 Å². The van der Waals surface area contributed by atoms with Crippen LogP contribution in [0.25, 0.3) is 0 Å². The van der Waals surface area contributed by atoms with E-state index in [9.17, 15) is 0 Å². The van der Waals surface area contributed by atoms with Crippen molar-refractivity contribution < 1.29 is 23.5 Å². The summed E-state index contributed by atoms with van der Waals surface area (Å²) in [6.07, 6.45) is 0. The van der Waals surface area contributed by atoms with Gasteiger partial charge in [-0.3, -0.25) is 4.58 Å². The van der Waals surface area contributed by atoms with Crippen LogP contribution in [0.3, 0.4) is 0 Å². The van der Waals surface area contributed by atoms with Crippen LogP contribution in [0.4, 0.5) is 0 Å². The maximum absolute atomic E-state index is 8.65. The van der Waals surface area contributed by atoms with Gasteiger partial charge in [-0.15, -0.1) is 0 Å². The first-order valence-electron chi connectivity index (χ1n) is 4.41. The summed E-state index contributed by atoms with van der Waals surface area (Å²) in [5.74, 6) is 0. The molecule has 0 aliphatic rings. The highest BCUT2D eigenvalue weighted by Gasteiger charge is 2.37. The molecule has 0 amide bonds. The molecule has 1 aromatic rings. The van der Waals surface area contributed by atoms with Gasteiger partial charge >= 0.3 is 9.05 Å². The normalized spacial score (nSPS) is 12.9. The Hall–Kier alpha value is -0.546. The second-order valence-electron chi connectivity index (χ2n) is 3.62. The van der Waals surface area contributed by atoms with E-state index in [1.165, 1.54) is 0 Å². The van der Waals surface area contributed by atoms with Crippen molar-refractivity contribution >= 4 is 22.6 Å². The van der Waals surface area contributed by atoms with Gasteiger partial charge in [0.2, 0.25) is 0 Å². The molecule has 0 aliphatic carbocycles. The van der Waals surface area contributed by atoms with E-state index in [4.69, 9.17) is 19.0 Å². The number of rotatable bonds is 4. The third kappa shape index (κ3) is 4.22. The number of hydrogen-bond donors (Lipinski definition) is 3. The zero-order valence-corrected chi connectivity index (χ0v) is 10.5. The van der Waals surface area contributed by atoms with Crippen LogP contribution in [0.15, 0.2) is 30.3 Å². The van der Waals surface area contributed by atoms with Crippen LogP contribution in [0.2, 0.25) is 13.1 Å². The molecule has 0 saturated carbocycles. The van der Waals surface area contributed by atoms with Crippen molar-refractivity contribution in [2.24, 2.45) is 0 Å². The molecule has 0 saturated heterocycles. The average Bonchev–Trinajstić information content (AvgIpc) is 2.16. The highest BCUT2D eigenvalue weighted by molar-refractivity contribution is 6.84. The topological polar surface area (TPSA) is 79.2 Å². The van der Waals surface area contributed by atoms with Crippen molar-refractivity contribution in [3.05, 3.63) is 30.3 Å². The molecule has 3 N–H and O–H groups in total. The third-order valence-electron chi connectivity index (χ3n) is 1.83. The Kier molecular flexibility index (Phi) is 3.78. The number of hydrogen-bond acceptors (Lipinski definition) is 5. The molecule has 7 heteroatoms. The summed E-state index contributed by atoms with van der Waals surface area (Å²) >= 11 is 0. The quantitative estimate of drug-likeness (QED) is 0.378. The smallest absolute Gasteiger partial charge is 0.366 e. The molecule has 84 valence electrons. The van der Waals surface area contributed by atoms with Crippen LogP contribution in [0.1, 0.15) is 0 Å². The molecule has 0 heterocycles. The first kappa shape index (κ1) is 12.5. The molecule has 0 aliphatic heterocycles. The SMILES string of the molecule is C[Si](C)(OO[Si](O)(O)O)c1ccccc1. The predicted molar refractivity (Wildman–Crippen MR) is 58.1 cm³/mol. The Balaban J connectivity index is 2.68. The van der Waals surface area contributed by atoms with Crippen molar-refractivity contribution in [1.29, 1.82) is 0 Å². The number of benzene rings is 1. The van der Waals surface area contributed by atoms with Gasteiger partial charge in [0.15, 0.2) is 0 Å². The Morgan fingerprint density at radius 2 is 1.47 bits per heavy atom. The highest BCUT2D eigenvalue weighted by Crippen LogP contribution is 2.07. The van der Waals surface area contributed by atoms with Crippen LogP contribution in [-0.2, 0) is 9.15 Å². The second-order valence-corrected chi connectivity index (χ2v) is 8.70. The zero-order valence-electron chi connectivity index (χ0n) is 8.54. The highest BCUT2D eigenvalue weighted by atomic mass is 28.4. The summed E-state index contributed by atoms with van der Waals surface area (Å²) < 4.78 is 9.15. The maximum Gasteiger partial charge on any atom is 0.698 e. The van der Waals surface area contributed by atoms with Crippen LogP contribution >= 0.6 is 0 Å². The summed E-state index contributed by atoms with van der Waals surface area (Å²) in [5.41, 5.74) is 0. The van der Waals surface area contributed by atoms with Crippen LogP contribution in [0.5, 0.6) is 0 Å². The van der Waals surface area contributed by atoms with Gasteiger partial charge in [0, 0.05) is 0 Å². The van der Waals surface area contributed by atoms with Crippen molar-refractivity contribution in [2.45, 2.75) is 13.1 Å². The first-order valence-corrected chi connectivity index (χ1v) is 9.06. The molecule has 1 rings (SSSR count). The maximum atomic E-state index is 8.65. The molecule has 0 aromatic heterocycles. The lowest BCUT2D eigenvalue weighted by Crippen LogP contribution is -2.50. The second kappa shape index (κ2) is 4.53. The van der Waals surface area contributed by atoms with Gasteiger partial charge in [-0.2, -0.15) is 0 Å². The average molecular weight is 246 g/mol. The van der Waals surface area contributed by atoms with Gasteiger partial charge in [0.05, 0.1) is 0 Å². The van der Waals surface area contributed by atoms with Gasteiger partial charge in [-0.25, -0.2) is 4.58 Å². The fraction of sp³-hybridized carbons (Fsp3) is 0.250. The fourth-order valence-electron chi connectivity index (χ4n) is 1.05. The molecule has 0 atom stereocenters. The lowest BCUT2D eigenvalue weighted by Gasteiger charge is -2.23. The molecule has 15 heavy (non-hydrogen) atoms. The molecular weight excluding hydrogens is 232 g/mol. The van der Waals surface area contributed by atoms with Gasteiger partial charge < -0.3 is 14.4 Å². The lowest BCUT2D eigenvalue weighted by molar-refractivity contribution is -0.185. The molecule has 0 spiro atoms.